The Morgan fingerprint density at radius 3 is 2.81 bits per heavy atom. The molecule has 0 saturated heterocycles. The van der Waals surface area contributed by atoms with Gasteiger partial charge in [-0.25, -0.2) is 4.79 Å². The summed E-state index contributed by atoms with van der Waals surface area (Å²) in [5, 5.41) is 2.15. The first-order valence-corrected chi connectivity index (χ1v) is 10.0. The third-order valence-corrected chi connectivity index (χ3v) is 5.87. The van der Waals surface area contributed by atoms with Crippen molar-refractivity contribution in [3.8, 4) is 0 Å². The molecule has 0 radical (unpaired) electrons. The first kappa shape index (κ1) is 19.1. The van der Waals surface area contributed by atoms with Crippen LogP contribution in [0.3, 0.4) is 0 Å². The molecule has 2 aromatic rings. The summed E-state index contributed by atoms with van der Waals surface area (Å²) >= 11 is 1.82. The minimum Gasteiger partial charge on any atom is -0.460 e. The average molecular weight is 373 g/mol. The fourth-order valence-electron chi connectivity index (χ4n) is 3.67. The van der Waals surface area contributed by atoms with Gasteiger partial charge in [0.1, 0.15) is 12.1 Å². The van der Waals surface area contributed by atoms with E-state index in [0.717, 1.165) is 37.2 Å². The Morgan fingerprint density at radius 1 is 1.31 bits per heavy atom. The van der Waals surface area contributed by atoms with Gasteiger partial charge in [0.25, 0.3) is 0 Å². The van der Waals surface area contributed by atoms with Crippen LogP contribution in [0.25, 0.3) is 0 Å². The molecule has 0 aliphatic carbocycles. The molecule has 0 saturated carbocycles. The maximum atomic E-state index is 13.2. The number of benzene rings is 1. The van der Waals surface area contributed by atoms with Gasteiger partial charge >= 0.3 is 5.97 Å². The summed E-state index contributed by atoms with van der Waals surface area (Å²) in [6.45, 7) is 6.43. The zero-order valence-corrected chi connectivity index (χ0v) is 16.9. The van der Waals surface area contributed by atoms with Crippen LogP contribution in [0.5, 0.6) is 0 Å². The van der Waals surface area contributed by atoms with Gasteiger partial charge in [-0.05, 0) is 62.5 Å². The molecule has 2 heterocycles. The van der Waals surface area contributed by atoms with Crippen LogP contribution in [0.15, 0.2) is 35.7 Å². The van der Waals surface area contributed by atoms with E-state index in [1.54, 1.807) is 0 Å². The molecule has 0 N–H and O–H groups in total. The fraction of sp³-hybridized carbons (Fsp3) is 0.476. The monoisotopic (exact) mass is 372 g/mol. The van der Waals surface area contributed by atoms with Crippen molar-refractivity contribution in [3.05, 3.63) is 57.3 Å². The Labute approximate surface area is 160 Å². The van der Waals surface area contributed by atoms with Crippen molar-refractivity contribution < 1.29 is 9.53 Å². The van der Waals surface area contributed by atoms with Crippen LogP contribution in [0.1, 0.15) is 34.5 Å². The molecule has 5 heteroatoms. The number of ether oxygens (including phenoxy) is 1. The zero-order valence-electron chi connectivity index (χ0n) is 16.1. The molecule has 0 bridgehead atoms. The molecule has 0 unspecified atom stereocenters. The van der Waals surface area contributed by atoms with Gasteiger partial charge in [-0.15, -0.1) is 11.3 Å². The van der Waals surface area contributed by atoms with E-state index >= 15 is 0 Å². The van der Waals surface area contributed by atoms with Gasteiger partial charge in [-0.3, -0.25) is 4.90 Å². The largest absolute Gasteiger partial charge is 0.460 e. The number of carbonyl (C=O) groups is 1. The highest BCUT2D eigenvalue weighted by atomic mass is 32.1. The highest BCUT2D eigenvalue weighted by Gasteiger charge is 2.33. The lowest BCUT2D eigenvalue weighted by atomic mass is 9.97. The SMILES string of the molecule is Cc1ccccc1[C@H](C(=O)O[C@H](C)CN(C)C)N1CCc2sccc2C1. The maximum absolute atomic E-state index is 13.2. The normalized spacial score (nSPS) is 17.0. The summed E-state index contributed by atoms with van der Waals surface area (Å²) < 4.78 is 5.84. The van der Waals surface area contributed by atoms with Crippen LogP contribution in [0, 0.1) is 6.92 Å². The minimum atomic E-state index is -0.353. The van der Waals surface area contributed by atoms with E-state index in [2.05, 4.69) is 35.4 Å². The fourth-order valence-corrected chi connectivity index (χ4v) is 4.56. The lowest BCUT2D eigenvalue weighted by Gasteiger charge is -2.34. The van der Waals surface area contributed by atoms with Crippen LogP contribution in [-0.4, -0.2) is 49.1 Å². The topological polar surface area (TPSA) is 32.8 Å². The molecule has 0 amide bonds. The summed E-state index contributed by atoms with van der Waals surface area (Å²) in [7, 11) is 3.98. The summed E-state index contributed by atoms with van der Waals surface area (Å²) in [5.41, 5.74) is 3.52. The van der Waals surface area contributed by atoms with Crippen LogP contribution in [0.2, 0.25) is 0 Å². The number of hydrogen-bond donors (Lipinski definition) is 0. The zero-order chi connectivity index (χ0) is 18.7. The number of esters is 1. The van der Waals surface area contributed by atoms with Crippen LogP contribution in [0.4, 0.5) is 0 Å². The first-order valence-electron chi connectivity index (χ1n) is 9.15. The molecular weight excluding hydrogens is 344 g/mol. The van der Waals surface area contributed by atoms with Crippen LogP contribution in [-0.2, 0) is 22.5 Å². The lowest BCUT2D eigenvalue weighted by molar-refractivity contribution is -0.156. The molecule has 4 nitrogen and oxygen atoms in total. The summed E-state index contributed by atoms with van der Waals surface area (Å²) in [4.78, 5) is 18.9. The molecule has 1 aliphatic rings. The van der Waals surface area contributed by atoms with Crippen molar-refractivity contribution in [1.29, 1.82) is 0 Å². The number of rotatable bonds is 6. The molecular formula is C21H28N2O2S. The molecule has 3 rings (SSSR count). The Kier molecular flexibility index (Phi) is 6.12. The predicted octanol–water partition coefficient (Wildman–Crippen LogP) is 3.65. The number of thiophene rings is 1. The summed E-state index contributed by atoms with van der Waals surface area (Å²) in [5.74, 6) is -0.146. The van der Waals surface area contributed by atoms with Gasteiger partial charge in [0, 0.05) is 24.5 Å². The van der Waals surface area contributed by atoms with Crippen molar-refractivity contribution in [2.45, 2.75) is 39.0 Å². The van der Waals surface area contributed by atoms with Gasteiger partial charge in [0.05, 0.1) is 0 Å². The maximum Gasteiger partial charge on any atom is 0.328 e. The third kappa shape index (κ3) is 4.34. The van der Waals surface area contributed by atoms with Crippen LogP contribution >= 0.6 is 11.3 Å². The summed E-state index contributed by atoms with van der Waals surface area (Å²) in [6.07, 6.45) is 0.862. The molecule has 2 atom stereocenters. The van der Waals surface area contributed by atoms with E-state index in [1.807, 2.05) is 49.4 Å². The van der Waals surface area contributed by atoms with Crippen molar-refractivity contribution in [1.82, 2.24) is 9.80 Å². The number of aryl methyl sites for hydroxylation is 1. The number of hydrogen-bond acceptors (Lipinski definition) is 5. The van der Waals surface area contributed by atoms with Gasteiger partial charge < -0.3 is 9.64 Å². The van der Waals surface area contributed by atoms with Crippen molar-refractivity contribution in [2.75, 3.05) is 27.2 Å². The molecule has 1 aliphatic heterocycles. The van der Waals surface area contributed by atoms with Crippen molar-refractivity contribution in [2.24, 2.45) is 0 Å². The smallest absolute Gasteiger partial charge is 0.328 e. The van der Waals surface area contributed by atoms with Gasteiger partial charge in [0.15, 0.2) is 0 Å². The average Bonchev–Trinajstić information content (AvgIpc) is 3.03. The van der Waals surface area contributed by atoms with E-state index in [0.29, 0.717) is 0 Å². The van der Waals surface area contributed by atoms with Crippen LogP contribution < -0.4 is 0 Å². The summed E-state index contributed by atoms with van der Waals surface area (Å²) in [6, 6.07) is 9.98. The Balaban J connectivity index is 1.85. The number of fused-ring (bicyclic) bond motifs is 1. The highest BCUT2D eigenvalue weighted by molar-refractivity contribution is 7.10. The van der Waals surface area contributed by atoms with Gasteiger partial charge in [0.2, 0.25) is 0 Å². The molecule has 1 aromatic heterocycles. The third-order valence-electron chi connectivity index (χ3n) is 4.85. The van der Waals surface area contributed by atoms with E-state index < -0.39 is 0 Å². The lowest BCUT2D eigenvalue weighted by Crippen LogP contribution is -2.40. The van der Waals surface area contributed by atoms with Gasteiger partial charge in [-0.1, -0.05) is 24.3 Å². The van der Waals surface area contributed by atoms with Gasteiger partial charge in [-0.2, -0.15) is 0 Å². The molecule has 1 aromatic carbocycles. The standard InChI is InChI=1S/C21H28N2O2S/c1-15-7-5-6-8-18(15)20(21(24)25-16(2)13-22(3)4)23-11-9-19-17(14-23)10-12-26-19/h5-8,10,12,16,20H,9,11,13-14H2,1-4H3/t16-,20-/m1/s1. The molecule has 0 spiro atoms. The minimum absolute atomic E-state index is 0.134. The number of carbonyl (C=O) groups excluding carboxylic acids is 1. The Bertz CT molecular complexity index is 756. The quantitative estimate of drug-likeness (QED) is 0.725. The number of nitrogens with zero attached hydrogens (tertiary/aromatic N) is 2. The van der Waals surface area contributed by atoms with Crippen molar-refractivity contribution in [3.63, 3.8) is 0 Å². The van der Waals surface area contributed by atoms with Crippen molar-refractivity contribution >= 4 is 17.3 Å². The van der Waals surface area contributed by atoms with E-state index in [1.165, 1.54) is 10.4 Å². The Hall–Kier alpha value is -1.69. The second-order valence-electron chi connectivity index (χ2n) is 7.36. The highest BCUT2D eigenvalue weighted by Crippen LogP contribution is 2.32. The molecule has 0 fully saturated rings. The molecule has 140 valence electrons. The Morgan fingerprint density at radius 2 is 2.08 bits per heavy atom. The first-order chi connectivity index (χ1) is 12.5. The second-order valence-corrected chi connectivity index (χ2v) is 8.36. The van der Waals surface area contributed by atoms with E-state index in [4.69, 9.17) is 4.74 Å². The van der Waals surface area contributed by atoms with E-state index in [-0.39, 0.29) is 18.1 Å². The predicted molar refractivity (Wildman–Crippen MR) is 106 cm³/mol. The van der Waals surface area contributed by atoms with E-state index in [9.17, 15) is 4.79 Å². The molecule has 26 heavy (non-hydrogen) atoms. The second kappa shape index (κ2) is 8.33. The number of likely N-dealkylation sites (N-methyl/N-ethyl adjacent to an activating group) is 1.